The number of nitrogens with two attached hydrogens (primary N) is 1. The zero-order valence-corrected chi connectivity index (χ0v) is 18.2. The molecule has 2 atom stereocenters. The van der Waals surface area contributed by atoms with Crippen molar-refractivity contribution in [1.29, 1.82) is 0 Å². The molecule has 162 valence electrons. The van der Waals surface area contributed by atoms with E-state index in [1.165, 1.54) is 0 Å². The Morgan fingerprint density at radius 3 is 2.87 bits per heavy atom. The summed E-state index contributed by atoms with van der Waals surface area (Å²) in [6, 6.07) is 7.43. The fraction of sp³-hybridized carbons (Fsp3) is 0.391. The molecule has 0 bridgehead atoms. The van der Waals surface area contributed by atoms with Crippen LogP contribution in [-0.4, -0.2) is 38.2 Å². The maximum atomic E-state index is 13.5. The van der Waals surface area contributed by atoms with Crippen molar-refractivity contribution in [3.8, 4) is 11.1 Å². The molecule has 1 fully saturated rings. The quantitative estimate of drug-likeness (QED) is 0.527. The van der Waals surface area contributed by atoms with Crippen LogP contribution in [-0.2, 0) is 7.05 Å². The summed E-state index contributed by atoms with van der Waals surface area (Å²) in [5.74, 6) is 0.545. The van der Waals surface area contributed by atoms with E-state index in [4.69, 9.17) is 10.7 Å². The molecular formula is C23H29N7O. The summed E-state index contributed by atoms with van der Waals surface area (Å²) in [4.78, 5) is 22.4. The molecule has 1 aliphatic rings. The summed E-state index contributed by atoms with van der Waals surface area (Å²) >= 11 is 0. The molecule has 1 unspecified atom stereocenters. The molecule has 4 rings (SSSR count). The van der Waals surface area contributed by atoms with E-state index in [2.05, 4.69) is 34.6 Å². The van der Waals surface area contributed by atoms with Gasteiger partial charge in [0.25, 0.3) is 0 Å². The van der Waals surface area contributed by atoms with Crippen molar-refractivity contribution in [2.45, 2.75) is 38.9 Å². The Bertz CT molecular complexity index is 1080. The standard InChI is InChI=1S/C23H29N7O/c1-14(2)11-20-25-10-8-19(28-20)18-7-6-16(15-12-27-30(3)13-15)21(29-18)22(31)17-5-4-9-26-23(17)24/h4-7,9,12-14,19-20,25,28H,8,10-11H2,1-3H3,(H2,24,26)/t19?,20-/m1/s1. The average Bonchev–Trinajstić information content (AvgIpc) is 3.19. The monoisotopic (exact) mass is 419 g/mol. The van der Waals surface area contributed by atoms with Crippen molar-refractivity contribution in [3.05, 3.63) is 59.8 Å². The number of nitrogens with one attached hydrogen (secondary N) is 2. The second-order valence-electron chi connectivity index (χ2n) is 8.44. The molecule has 0 radical (unpaired) electrons. The number of hydrogen-bond acceptors (Lipinski definition) is 7. The van der Waals surface area contributed by atoms with E-state index in [1.54, 1.807) is 29.2 Å². The summed E-state index contributed by atoms with van der Waals surface area (Å²) in [5.41, 5.74) is 9.15. The van der Waals surface area contributed by atoms with Crippen LogP contribution < -0.4 is 16.4 Å². The number of aromatic nitrogens is 4. The first-order valence-electron chi connectivity index (χ1n) is 10.7. The molecule has 0 saturated carbocycles. The molecule has 0 aliphatic carbocycles. The van der Waals surface area contributed by atoms with Crippen molar-refractivity contribution < 1.29 is 4.79 Å². The lowest BCUT2D eigenvalue weighted by Crippen LogP contribution is -2.50. The molecule has 0 spiro atoms. The van der Waals surface area contributed by atoms with Crippen LogP contribution in [0.2, 0.25) is 0 Å². The van der Waals surface area contributed by atoms with E-state index in [-0.39, 0.29) is 23.8 Å². The van der Waals surface area contributed by atoms with Gasteiger partial charge in [-0.3, -0.25) is 14.8 Å². The van der Waals surface area contributed by atoms with Gasteiger partial charge in [0.15, 0.2) is 0 Å². The summed E-state index contributed by atoms with van der Waals surface area (Å²) < 4.78 is 1.71. The first-order valence-corrected chi connectivity index (χ1v) is 10.7. The van der Waals surface area contributed by atoms with Gasteiger partial charge in [-0.15, -0.1) is 0 Å². The topological polar surface area (TPSA) is 111 Å². The summed E-state index contributed by atoms with van der Waals surface area (Å²) in [6.45, 7) is 5.33. The predicted octanol–water partition coefficient (Wildman–Crippen LogP) is 2.69. The number of nitrogens with zero attached hydrogens (tertiary/aromatic N) is 4. The van der Waals surface area contributed by atoms with Gasteiger partial charge in [-0.05, 0) is 43.5 Å². The third-order valence-corrected chi connectivity index (χ3v) is 5.52. The van der Waals surface area contributed by atoms with Crippen molar-refractivity contribution in [2.24, 2.45) is 13.0 Å². The van der Waals surface area contributed by atoms with E-state index in [0.29, 0.717) is 17.2 Å². The highest BCUT2D eigenvalue weighted by atomic mass is 16.1. The Hall–Kier alpha value is -3.10. The summed E-state index contributed by atoms with van der Waals surface area (Å²) in [6.07, 6.45) is 7.35. The maximum absolute atomic E-state index is 13.5. The maximum Gasteiger partial charge on any atom is 0.215 e. The Labute approximate surface area is 182 Å². The molecule has 4 N–H and O–H groups in total. The van der Waals surface area contributed by atoms with Gasteiger partial charge in [0, 0.05) is 30.6 Å². The SMILES string of the molecule is CC(C)C[C@@H]1NCCC(c2ccc(-c3cnn(C)c3)c(C(=O)c3cccnc3N)n2)N1. The van der Waals surface area contributed by atoms with Crippen LogP contribution in [0, 0.1) is 5.92 Å². The molecule has 1 saturated heterocycles. The number of carbonyl (C=O) groups excluding carboxylic acids is 1. The zero-order valence-electron chi connectivity index (χ0n) is 18.2. The van der Waals surface area contributed by atoms with Gasteiger partial charge in [-0.25, -0.2) is 9.97 Å². The molecule has 8 nitrogen and oxygen atoms in total. The van der Waals surface area contributed by atoms with Crippen LogP contribution >= 0.6 is 0 Å². The number of aryl methyl sites for hydroxylation is 1. The van der Waals surface area contributed by atoms with Gasteiger partial charge < -0.3 is 11.1 Å². The average molecular weight is 420 g/mol. The van der Waals surface area contributed by atoms with Crippen LogP contribution in [0.25, 0.3) is 11.1 Å². The van der Waals surface area contributed by atoms with Gasteiger partial charge in [0.05, 0.1) is 29.7 Å². The predicted molar refractivity (Wildman–Crippen MR) is 120 cm³/mol. The van der Waals surface area contributed by atoms with Gasteiger partial charge in [0.2, 0.25) is 5.78 Å². The molecule has 3 aromatic heterocycles. The minimum absolute atomic E-state index is 0.0748. The lowest BCUT2D eigenvalue weighted by Gasteiger charge is -2.33. The Kier molecular flexibility index (Phi) is 6.11. The van der Waals surface area contributed by atoms with Crippen molar-refractivity contribution >= 4 is 11.6 Å². The van der Waals surface area contributed by atoms with Crippen LogP contribution in [0.15, 0.2) is 42.9 Å². The number of rotatable bonds is 6. The molecule has 3 aromatic rings. The normalized spacial score (nSPS) is 19.0. The second kappa shape index (κ2) is 8.95. The Morgan fingerprint density at radius 1 is 1.32 bits per heavy atom. The highest BCUT2D eigenvalue weighted by Crippen LogP contribution is 2.28. The van der Waals surface area contributed by atoms with E-state index >= 15 is 0 Å². The molecule has 4 heterocycles. The van der Waals surface area contributed by atoms with Gasteiger partial charge >= 0.3 is 0 Å². The van der Waals surface area contributed by atoms with Gasteiger partial charge in [-0.1, -0.05) is 19.9 Å². The summed E-state index contributed by atoms with van der Waals surface area (Å²) in [5, 5.41) is 11.4. The minimum atomic E-state index is -0.237. The first kappa shape index (κ1) is 21.1. The number of anilines is 1. The number of hydrogen-bond donors (Lipinski definition) is 3. The minimum Gasteiger partial charge on any atom is -0.383 e. The third-order valence-electron chi connectivity index (χ3n) is 5.52. The van der Waals surface area contributed by atoms with Gasteiger partial charge in [0.1, 0.15) is 11.5 Å². The zero-order chi connectivity index (χ0) is 22.0. The molecular weight excluding hydrogens is 390 g/mol. The molecule has 0 amide bonds. The molecule has 31 heavy (non-hydrogen) atoms. The fourth-order valence-electron chi connectivity index (χ4n) is 4.01. The van der Waals surface area contributed by atoms with Crippen LogP contribution in [0.3, 0.4) is 0 Å². The second-order valence-corrected chi connectivity index (χ2v) is 8.44. The van der Waals surface area contributed by atoms with E-state index in [9.17, 15) is 4.79 Å². The van der Waals surface area contributed by atoms with Crippen molar-refractivity contribution in [2.75, 3.05) is 12.3 Å². The number of ketones is 1. The van der Waals surface area contributed by atoms with Crippen molar-refractivity contribution in [3.63, 3.8) is 0 Å². The largest absolute Gasteiger partial charge is 0.383 e. The smallest absolute Gasteiger partial charge is 0.215 e. The Morgan fingerprint density at radius 2 is 2.16 bits per heavy atom. The number of pyridine rings is 2. The van der Waals surface area contributed by atoms with E-state index in [0.717, 1.165) is 36.2 Å². The molecule has 1 aliphatic heterocycles. The molecule has 8 heteroatoms. The van der Waals surface area contributed by atoms with E-state index < -0.39 is 0 Å². The number of carbonyl (C=O) groups is 1. The van der Waals surface area contributed by atoms with Crippen LogP contribution in [0.5, 0.6) is 0 Å². The third kappa shape index (κ3) is 4.65. The van der Waals surface area contributed by atoms with E-state index in [1.807, 2.05) is 25.4 Å². The Balaban J connectivity index is 1.73. The number of nitrogen functional groups attached to an aromatic ring is 1. The van der Waals surface area contributed by atoms with Gasteiger partial charge in [-0.2, -0.15) is 5.10 Å². The summed E-state index contributed by atoms with van der Waals surface area (Å²) in [7, 11) is 1.85. The lowest BCUT2D eigenvalue weighted by molar-refractivity contribution is 0.103. The fourth-order valence-corrected chi connectivity index (χ4v) is 4.01. The van der Waals surface area contributed by atoms with Crippen LogP contribution in [0.1, 0.15) is 54.5 Å². The highest BCUT2D eigenvalue weighted by Gasteiger charge is 2.26. The van der Waals surface area contributed by atoms with Crippen LogP contribution in [0.4, 0.5) is 5.82 Å². The van der Waals surface area contributed by atoms with Crippen molar-refractivity contribution in [1.82, 2.24) is 30.4 Å². The first-order chi connectivity index (χ1) is 14.9. The lowest BCUT2D eigenvalue weighted by atomic mass is 9.97. The molecule has 0 aromatic carbocycles. The highest BCUT2D eigenvalue weighted by molar-refractivity contribution is 6.13.